The first-order chi connectivity index (χ1) is 6.99. The molecule has 7 heteroatoms. The van der Waals surface area contributed by atoms with Crippen LogP contribution in [0, 0.1) is 0 Å². The van der Waals surface area contributed by atoms with Crippen molar-refractivity contribution in [1.82, 2.24) is 4.98 Å². The molecule has 0 radical (unpaired) electrons. The molecule has 1 aromatic heterocycles. The first kappa shape index (κ1) is 11.3. The van der Waals surface area contributed by atoms with Gasteiger partial charge in [0.25, 0.3) is 0 Å². The van der Waals surface area contributed by atoms with Crippen LogP contribution in [0.2, 0.25) is 0 Å². The summed E-state index contributed by atoms with van der Waals surface area (Å²) >= 11 is 0. The number of nitrogens with zero attached hydrogens (tertiary/aromatic N) is 2. The van der Waals surface area contributed by atoms with Gasteiger partial charge in [-0.3, -0.25) is 0 Å². The van der Waals surface area contributed by atoms with Crippen LogP contribution in [0.4, 0.5) is 13.2 Å². The smallest absolute Gasteiger partial charge is 0.417 e. The van der Waals surface area contributed by atoms with Crippen LogP contribution in [0.1, 0.15) is 11.1 Å². The topological polar surface area (TPSA) is 54.7 Å². The van der Waals surface area contributed by atoms with E-state index in [2.05, 4.69) is 14.9 Å². The molecule has 0 saturated carbocycles. The number of hydrogen-bond acceptors (Lipinski definition) is 4. The molecular weight excluding hydrogens is 213 g/mol. The number of aromatic nitrogens is 1. The summed E-state index contributed by atoms with van der Waals surface area (Å²) in [6, 6.07) is 0.783. The zero-order chi connectivity index (χ0) is 11.5. The molecule has 1 aromatic rings. The number of hydrogen-bond donors (Lipinski definition) is 1. The number of oxime groups is 1. The molecule has 4 nitrogen and oxygen atoms in total. The van der Waals surface area contributed by atoms with Crippen molar-refractivity contribution in [2.24, 2.45) is 5.16 Å². The molecule has 1 heterocycles. The average molecular weight is 220 g/mol. The third-order valence-corrected chi connectivity index (χ3v) is 1.60. The normalized spacial score (nSPS) is 12.0. The molecule has 0 fully saturated rings. The summed E-state index contributed by atoms with van der Waals surface area (Å²) in [6.07, 6.45) is -3.02. The Bertz CT molecular complexity index is 377. The van der Waals surface area contributed by atoms with Crippen molar-refractivity contribution < 1.29 is 23.1 Å². The average Bonchev–Trinajstić information content (AvgIpc) is 2.17. The van der Waals surface area contributed by atoms with Crippen molar-refractivity contribution >= 4 is 6.21 Å². The van der Waals surface area contributed by atoms with Gasteiger partial charge in [0.15, 0.2) is 0 Å². The minimum absolute atomic E-state index is 0.0409. The molecule has 0 saturated heterocycles. The Hall–Kier alpha value is -1.79. The zero-order valence-corrected chi connectivity index (χ0v) is 7.62. The lowest BCUT2D eigenvalue weighted by molar-refractivity contribution is -0.137. The molecule has 82 valence electrons. The van der Waals surface area contributed by atoms with Crippen LogP contribution in [0.15, 0.2) is 17.4 Å². The zero-order valence-electron chi connectivity index (χ0n) is 7.62. The van der Waals surface area contributed by atoms with Crippen LogP contribution in [0.25, 0.3) is 0 Å². The largest absolute Gasteiger partial charge is 0.481 e. The minimum Gasteiger partial charge on any atom is -0.481 e. The van der Waals surface area contributed by atoms with Gasteiger partial charge in [-0.05, 0) is 6.07 Å². The van der Waals surface area contributed by atoms with E-state index in [1.54, 1.807) is 0 Å². The van der Waals surface area contributed by atoms with Crippen LogP contribution < -0.4 is 4.74 Å². The highest BCUT2D eigenvalue weighted by Gasteiger charge is 2.31. The van der Waals surface area contributed by atoms with E-state index in [0.717, 1.165) is 12.3 Å². The van der Waals surface area contributed by atoms with Gasteiger partial charge in [-0.1, -0.05) is 5.16 Å². The summed E-state index contributed by atoms with van der Waals surface area (Å²) < 4.78 is 41.5. The second-order valence-corrected chi connectivity index (χ2v) is 2.56. The van der Waals surface area contributed by atoms with Crippen molar-refractivity contribution in [3.05, 3.63) is 23.4 Å². The third kappa shape index (κ3) is 2.58. The Kier molecular flexibility index (Phi) is 3.13. The van der Waals surface area contributed by atoms with Crippen LogP contribution >= 0.6 is 0 Å². The van der Waals surface area contributed by atoms with E-state index in [-0.39, 0.29) is 11.4 Å². The summed E-state index contributed by atoms with van der Waals surface area (Å²) in [5, 5.41) is 10.9. The quantitative estimate of drug-likeness (QED) is 0.470. The lowest BCUT2D eigenvalue weighted by atomic mass is 10.2. The van der Waals surface area contributed by atoms with Gasteiger partial charge in [0.05, 0.1) is 24.5 Å². The predicted molar refractivity (Wildman–Crippen MR) is 45.2 cm³/mol. The molecule has 0 atom stereocenters. The van der Waals surface area contributed by atoms with Crippen LogP contribution in [0.3, 0.4) is 0 Å². The second-order valence-electron chi connectivity index (χ2n) is 2.56. The van der Waals surface area contributed by atoms with Gasteiger partial charge in [0.1, 0.15) is 0 Å². The molecule has 0 unspecified atom stereocenters. The Labute approximate surface area is 83.0 Å². The van der Waals surface area contributed by atoms with E-state index >= 15 is 0 Å². The molecule has 0 bridgehead atoms. The highest BCUT2D eigenvalue weighted by Crippen LogP contribution is 2.30. The van der Waals surface area contributed by atoms with Crippen molar-refractivity contribution in [3.63, 3.8) is 0 Å². The van der Waals surface area contributed by atoms with E-state index < -0.39 is 11.7 Å². The van der Waals surface area contributed by atoms with Gasteiger partial charge in [-0.25, -0.2) is 4.98 Å². The van der Waals surface area contributed by atoms with Gasteiger partial charge in [0, 0.05) is 6.20 Å². The minimum atomic E-state index is -4.49. The van der Waals surface area contributed by atoms with Crippen LogP contribution in [-0.4, -0.2) is 23.5 Å². The number of pyridine rings is 1. The molecule has 1 N–H and O–H groups in total. The number of ether oxygens (including phenoxy) is 1. The van der Waals surface area contributed by atoms with Crippen LogP contribution in [-0.2, 0) is 6.18 Å². The maximum atomic E-state index is 12.3. The summed E-state index contributed by atoms with van der Waals surface area (Å²) in [6.45, 7) is 0. The maximum absolute atomic E-state index is 12.3. The Morgan fingerprint density at radius 1 is 1.53 bits per heavy atom. The first-order valence-electron chi connectivity index (χ1n) is 3.77. The Balaban J connectivity index is 3.22. The summed E-state index contributed by atoms with van der Waals surface area (Å²) in [5.74, 6) is -0.0409. The van der Waals surface area contributed by atoms with Crippen molar-refractivity contribution in [3.8, 4) is 5.88 Å². The second kappa shape index (κ2) is 4.16. The third-order valence-electron chi connectivity index (χ3n) is 1.60. The molecule has 1 rings (SSSR count). The lowest BCUT2D eigenvalue weighted by Gasteiger charge is -2.08. The molecule has 0 aliphatic rings. The number of methoxy groups -OCH3 is 1. The van der Waals surface area contributed by atoms with Gasteiger partial charge in [0.2, 0.25) is 5.88 Å². The molecular formula is C8H7F3N2O2. The summed E-state index contributed by atoms with van der Waals surface area (Å²) in [5.41, 5.74) is -0.979. The molecule has 15 heavy (non-hydrogen) atoms. The fraction of sp³-hybridized carbons (Fsp3) is 0.250. The van der Waals surface area contributed by atoms with Crippen molar-refractivity contribution in [2.45, 2.75) is 6.18 Å². The van der Waals surface area contributed by atoms with Gasteiger partial charge >= 0.3 is 6.18 Å². The SMILES string of the molecule is COc1ncc(C(F)(F)F)cc1C=NO. The molecule has 0 aromatic carbocycles. The Morgan fingerprint density at radius 3 is 2.67 bits per heavy atom. The van der Waals surface area contributed by atoms with Gasteiger partial charge in [-0.15, -0.1) is 0 Å². The van der Waals surface area contributed by atoms with E-state index in [9.17, 15) is 13.2 Å². The standard InChI is InChI=1S/C8H7F3N2O2/c1-15-7-5(3-13-14)2-6(4-12-7)8(9,10)11/h2-4,14H,1H3. The molecule has 0 aliphatic heterocycles. The van der Waals surface area contributed by atoms with E-state index in [0.29, 0.717) is 6.20 Å². The van der Waals surface area contributed by atoms with Crippen molar-refractivity contribution in [2.75, 3.05) is 7.11 Å². The maximum Gasteiger partial charge on any atom is 0.417 e. The van der Waals surface area contributed by atoms with Gasteiger partial charge < -0.3 is 9.94 Å². The highest BCUT2D eigenvalue weighted by atomic mass is 19.4. The molecule has 0 aliphatic carbocycles. The molecule has 0 amide bonds. The van der Waals surface area contributed by atoms with Gasteiger partial charge in [-0.2, -0.15) is 13.2 Å². The fourth-order valence-corrected chi connectivity index (χ4v) is 0.950. The summed E-state index contributed by atoms with van der Waals surface area (Å²) in [4.78, 5) is 3.44. The highest BCUT2D eigenvalue weighted by molar-refractivity contribution is 5.82. The van der Waals surface area contributed by atoms with Crippen molar-refractivity contribution in [1.29, 1.82) is 0 Å². The molecule has 0 spiro atoms. The predicted octanol–water partition coefficient (Wildman–Crippen LogP) is 1.92. The van der Waals surface area contributed by atoms with E-state index in [4.69, 9.17) is 5.21 Å². The number of rotatable bonds is 2. The Morgan fingerprint density at radius 2 is 2.20 bits per heavy atom. The monoisotopic (exact) mass is 220 g/mol. The fourth-order valence-electron chi connectivity index (χ4n) is 0.950. The van der Waals surface area contributed by atoms with E-state index in [1.165, 1.54) is 7.11 Å². The lowest BCUT2D eigenvalue weighted by Crippen LogP contribution is -2.07. The van der Waals surface area contributed by atoms with E-state index in [1.807, 2.05) is 0 Å². The first-order valence-corrected chi connectivity index (χ1v) is 3.77. The summed E-state index contributed by atoms with van der Waals surface area (Å²) in [7, 11) is 1.25. The number of alkyl halides is 3. The number of halogens is 3. The van der Waals surface area contributed by atoms with Crippen LogP contribution in [0.5, 0.6) is 5.88 Å².